The maximum Gasteiger partial charge on any atom is 0.150 e. The van der Waals surface area contributed by atoms with Crippen LogP contribution in [-0.2, 0) is 16.3 Å². The third-order valence-electron chi connectivity index (χ3n) is 4.10. The number of benzene rings is 1. The molecule has 0 aliphatic carbocycles. The van der Waals surface area contributed by atoms with E-state index < -0.39 is 9.84 Å². The smallest absolute Gasteiger partial charge is 0.150 e. The van der Waals surface area contributed by atoms with E-state index in [4.69, 9.17) is 34.8 Å². The van der Waals surface area contributed by atoms with Crippen molar-refractivity contribution in [3.8, 4) is 0 Å². The summed E-state index contributed by atoms with van der Waals surface area (Å²) >= 11 is 18.2. The highest BCUT2D eigenvalue weighted by Gasteiger charge is 2.43. The summed E-state index contributed by atoms with van der Waals surface area (Å²) in [4.78, 5) is 0. The van der Waals surface area contributed by atoms with Crippen molar-refractivity contribution in [2.24, 2.45) is 11.3 Å². The zero-order valence-corrected chi connectivity index (χ0v) is 14.1. The minimum Gasteiger partial charge on any atom is -0.229 e. The molecule has 0 saturated carbocycles. The Balaban J connectivity index is 2.23. The Labute approximate surface area is 135 Å². The van der Waals surface area contributed by atoms with Crippen molar-refractivity contribution >= 4 is 44.6 Å². The summed E-state index contributed by atoms with van der Waals surface area (Å²) in [5.74, 6) is 1.19. The summed E-state index contributed by atoms with van der Waals surface area (Å²) in [5, 5.41) is 0.680. The number of sulfone groups is 1. The van der Waals surface area contributed by atoms with Crippen LogP contribution >= 0.6 is 34.8 Å². The second kappa shape index (κ2) is 6.43. The van der Waals surface area contributed by atoms with Gasteiger partial charge in [0.05, 0.1) is 11.5 Å². The van der Waals surface area contributed by atoms with E-state index in [2.05, 4.69) is 0 Å². The van der Waals surface area contributed by atoms with Gasteiger partial charge < -0.3 is 0 Å². The van der Waals surface area contributed by atoms with Gasteiger partial charge in [-0.2, -0.15) is 0 Å². The van der Waals surface area contributed by atoms with Gasteiger partial charge in [-0.15, -0.1) is 23.2 Å². The lowest BCUT2D eigenvalue weighted by Gasteiger charge is -2.35. The molecule has 2 rings (SSSR count). The van der Waals surface area contributed by atoms with Crippen molar-refractivity contribution in [2.45, 2.75) is 12.8 Å². The average molecular weight is 356 g/mol. The predicted molar refractivity (Wildman–Crippen MR) is 85.8 cm³/mol. The Morgan fingerprint density at radius 1 is 1.15 bits per heavy atom. The fraction of sp³-hybridized carbons (Fsp3) is 0.571. The van der Waals surface area contributed by atoms with Gasteiger partial charge in [-0.25, -0.2) is 8.42 Å². The number of hydrogen-bond acceptors (Lipinski definition) is 2. The summed E-state index contributed by atoms with van der Waals surface area (Å²) < 4.78 is 23.4. The van der Waals surface area contributed by atoms with Gasteiger partial charge in [0, 0.05) is 22.2 Å². The molecule has 1 heterocycles. The first kappa shape index (κ1) is 16.4. The summed E-state index contributed by atoms with van der Waals surface area (Å²) in [6, 6.07) is 7.55. The molecule has 1 saturated heterocycles. The topological polar surface area (TPSA) is 34.1 Å². The molecule has 0 aromatic heterocycles. The summed E-state index contributed by atoms with van der Waals surface area (Å²) in [5.41, 5.74) is 0.709. The molecular formula is C14H17Cl3O2S. The fourth-order valence-electron chi connectivity index (χ4n) is 2.78. The molecule has 1 atom stereocenters. The molecule has 1 aliphatic heterocycles. The molecule has 6 heteroatoms. The molecule has 20 heavy (non-hydrogen) atoms. The van der Waals surface area contributed by atoms with E-state index >= 15 is 0 Å². The van der Waals surface area contributed by atoms with Crippen molar-refractivity contribution in [3.63, 3.8) is 0 Å². The molecule has 1 unspecified atom stereocenters. The van der Waals surface area contributed by atoms with E-state index in [1.165, 1.54) is 0 Å². The molecular weight excluding hydrogens is 339 g/mol. The molecule has 1 fully saturated rings. The highest BCUT2D eigenvalue weighted by atomic mass is 35.5. The van der Waals surface area contributed by atoms with Gasteiger partial charge in [-0.3, -0.25) is 0 Å². The lowest BCUT2D eigenvalue weighted by Crippen LogP contribution is -2.37. The van der Waals surface area contributed by atoms with E-state index in [1.807, 2.05) is 24.3 Å². The Morgan fingerprint density at radius 3 is 2.20 bits per heavy atom. The van der Waals surface area contributed by atoms with Crippen LogP contribution in [0.15, 0.2) is 24.3 Å². The number of hydrogen-bond donors (Lipinski definition) is 0. The predicted octanol–water partition coefficient (Wildman–Crippen LogP) is 3.78. The molecule has 1 aliphatic rings. The van der Waals surface area contributed by atoms with Crippen LogP contribution < -0.4 is 0 Å². The molecule has 1 aromatic carbocycles. The van der Waals surface area contributed by atoms with Crippen LogP contribution in [0.4, 0.5) is 0 Å². The molecule has 2 nitrogen and oxygen atoms in total. The van der Waals surface area contributed by atoms with Gasteiger partial charge in [0.15, 0.2) is 9.84 Å². The largest absolute Gasteiger partial charge is 0.229 e. The average Bonchev–Trinajstić information content (AvgIpc) is 2.79. The van der Waals surface area contributed by atoms with Gasteiger partial charge in [-0.05, 0) is 36.5 Å². The van der Waals surface area contributed by atoms with E-state index in [9.17, 15) is 8.42 Å². The first-order chi connectivity index (χ1) is 9.41. The van der Waals surface area contributed by atoms with Gasteiger partial charge in [0.25, 0.3) is 0 Å². The summed E-state index contributed by atoms with van der Waals surface area (Å²) in [6.07, 6.45) is 1.33. The van der Waals surface area contributed by atoms with E-state index in [1.54, 1.807) is 0 Å². The second-order valence-electron chi connectivity index (χ2n) is 5.53. The number of halogens is 3. The van der Waals surface area contributed by atoms with Crippen molar-refractivity contribution < 1.29 is 8.42 Å². The van der Waals surface area contributed by atoms with Crippen molar-refractivity contribution in [2.75, 3.05) is 23.3 Å². The fourth-order valence-corrected chi connectivity index (χ4v) is 5.76. The van der Waals surface area contributed by atoms with Crippen LogP contribution in [0, 0.1) is 11.3 Å². The molecule has 0 spiro atoms. The minimum absolute atomic E-state index is 0.0261. The molecule has 0 N–H and O–H groups in total. The normalized spacial score (nSPS) is 22.1. The Kier molecular flexibility index (Phi) is 5.28. The monoisotopic (exact) mass is 354 g/mol. The first-order valence-electron chi connectivity index (χ1n) is 6.47. The molecule has 0 bridgehead atoms. The van der Waals surface area contributed by atoms with Crippen LogP contribution in [0.2, 0.25) is 5.02 Å². The van der Waals surface area contributed by atoms with Crippen LogP contribution in [0.25, 0.3) is 0 Å². The SMILES string of the molecule is O=S1(=O)CCC(C(CCl)(CCl)Cc2ccc(Cl)cc2)C1. The number of rotatable bonds is 5. The third-order valence-corrected chi connectivity index (χ3v) is 7.18. The van der Waals surface area contributed by atoms with Gasteiger partial charge in [0.2, 0.25) is 0 Å². The van der Waals surface area contributed by atoms with Gasteiger partial charge >= 0.3 is 0 Å². The zero-order chi connectivity index (χ0) is 14.8. The second-order valence-corrected chi connectivity index (χ2v) is 8.73. The summed E-state index contributed by atoms with van der Waals surface area (Å²) in [7, 11) is -2.94. The Hall–Kier alpha value is 0.0400. The maximum atomic E-state index is 11.7. The third kappa shape index (κ3) is 3.62. The van der Waals surface area contributed by atoms with Crippen molar-refractivity contribution in [3.05, 3.63) is 34.9 Å². The molecule has 112 valence electrons. The van der Waals surface area contributed by atoms with Crippen molar-refractivity contribution in [1.29, 1.82) is 0 Å². The van der Waals surface area contributed by atoms with E-state index in [0.29, 0.717) is 29.6 Å². The Bertz CT molecular complexity index is 550. The summed E-state index contributed by atoms with van der Waals surface area (Å²) in [6.45, 7) is 0. The molecule has 0 radical (unpaired) electrons. The maximum absolute atomic E-state index is 11.7. The highest BCUT2D eigenvalue weighted by Crippen LogP contribution is 2.41. The van der Waals surface area contributed by atoms with Crippen molar-refractivity contribution in [1.82, 2.24) is 0 Å². The number of alkyl halides is 2. The lowest BCUT2D eigenvalue weighted by molar-refractivity contribution is 0.244. The Morgan fingerprint density at radius 2 is 1.75 bits per heavy atom. The van der Waals surface area contributed by atoms with Crippen LogP contribution in [0.3, 0.4) is 0 Å². The standard InChI is InChI=1S/C14H17Cl3O2S/c15-9-14(10-16,12-5-6-20(18,19)8-12)7-11-1-3-13(17)4-2-11/h1-4,12H,5-10H2. The van der Waals surface area contributed by atoms with Gasteiger partial charge in [-0.1, -0.05) is 23.7 Å². The minimum atomic E-state index is -2.94. The van der Waals surface area contributed by atoms with E-state index in [0.717, 1.165) is 5.56 Å². The quantitative estimate of drug-likeness (QED) is 0.753. The lowest BCUT2D eigenvalue weighted by atomic mass is 9.74. The molecule has 0 amide bonds. The first-order valence-corrected chi connectivity index (χ1v) is 9.74. The van der Waals surface area contributed by atoms with Crippen LogP contribution in [0.1, 0.15) is 12.0 Å². The van der Waals surface area contributed by atoms with Crippen LogP contribution in [-0.4, -0.2) is 31.7 Å². The molecule has 1 aromatic rings. The van der Waals surface area contributed by atoms with Gasteiger partial charge in [0.1, 0.15) is 0 Å². The highest BCUT2D eigenvalue weighted by molar-refractivity contribution is 7.91. The van der Waals surface area contributed by atoms with E-state index in [-0.39, 0.29) is 22.8 Å². The van der Waals surface area contributed by atoms with Crippen LogP contribution in [0.5, 0.6) is 0 Å². The zero-order valence-electron chi connectivity index (χ0n) is 11.0.